The number of amides is 2. The fourth-order valence-electron chi connectivity index (χ4n) is 1.33. The molecule has 0 radical (unpaired) electrons. The smallest absolute Gasteiger partial charge is 0.319 e. The van der Waals surface area contributed by atoms with E-state index in [4.69, 9.17) is 5.11 Å². The van der Waals surface area contributed by atoms with Crippen molar-refractivity contribution < 1.29 is 23.1 Å². The molecule has 4 nitrogen and oxygen atoms in total. The minimum Gasteiger partial charge on any atom is -0.396 e. The molecule has 3 N–H and O–H groups in total. The Morgan fingerprint density at radius 2 is 2.15 bits per heavy atom. The zero-order valence-electron chi connectivity index (χ0n) is 10.5. The summed E-state index contributed by atoms with van der Waals surface area (Å²) in [6.07, 6.45) is -2.10. The molecule has 0 saturated carbocycles. The van der Waals surface area contributed by atoms with Gasteiger partial charge in [0, 0.05) is 18.0 Å². The molecule has 1 aromatic rings. The van der Waals surface area contributed by atoms with Gasteiger partial charge >= 0.3 is 6.03 Å². The second-order valence-corrected chi connectivity index (χ2v) is 4.86. The predicted octanol–water partition coefficient (Wildman–Crippen LogP) is 2.69. The average molecular weight is 308 g/mol. The Bertz CT molecular complexity index is 447. The number of aliphatic hydroxyl groups excluding tert-OH is 1. The van der Waals surface area contributed by atoms with Crippen molar-refractivity contribution in [2.45, 2.75) is 17.7 Å². The standard InChI is InChI=1S/C12H15F3N2O2S/c13-8-2-3-10(20-7-11(14)15)9(6-8)17-12(19)16-4-1-5-18/h2-3,6,11,18H,1,4-5,7H2,(H2,16,17,19). The molecule has 1 aromatic carbocycles. The highest BCUT2D eigenvalue weighted by molar-refractivity contribution is 7.99. The van der Waals surface area contributed by atoms with Gasteiger partial charge in [0.15, 0.2) is 0 Å². The number of carbonyl (C=O) groups is 1. The summed E-state index contributed by atoms with van der Waals surface area (Å²) >= 11 is 0.835. The van der Waals surface area contributed by atoms with Crippen molar-refractivity contribution in [3.8, 4) is 0 Å². The summed E-state index contributed by atoms with van der Waals surface area (Å²) in [5.41, 5.74) is 0.136. The highest BCUT2D eigenvalue weighted by Gasteiger charge is 2.11. The fourth-order valence-corrected chi connectivity index (χ4v) is 2.06. The lowest BCUT2D eigenvalue weighted by molar-refractivity contribution is 0.177. The summed E-state index contributed by atoms with van der Waals surface area (Å²) < 4.78 is 37.5. The quantitative estimate of drug-likeness (QED) is 0.536. The molecular weight excluding hydrogens is 293 g/mol. The molecule has 8 heteroatoms. The second kappa shape index (κ2) is 8.70. The molecule has 20 heavy (non-hydrogen) atoms. The molecule has 0 heterocycles. The van der Waals surface area contributed by atoms with Crippen LogP contribution in [0.3, 0.4) is 0 Å². The van der Waals surface area contributed by atoms with Crippen LogP contribution in [0.4, 0.5) is 23.7 Å². The van der Waals surface area contributed by atoms with E-state index >= 15 is 0 Å². The van der Waals surface area contributed by atoms with Gasteiger partial charge in [-0.25, -0.2) is 18.0 Å². The van der Waals surface area contributed by atoms with E-state index in [0.29, 0.717) is 11.3 Å². The van der Waals surface area contributed by atoms with Crippen molar-refractivity contribution in [1.29, 1.82) is 0 Å². The van der Waals surface area contributed by atoms with Crippen molar-refractivity contribution in [3.05, 3.63) is 24.0 Å². The first kappa shape index (κ1) is 16.6. The van der Waals surface area contributed by atoms with E-state index < -0.39 is 24.0 Å². The SMILES string of the molecule is O=C(NCCCO)Nc1cc(F)ccc1SCC(F)F. The van der Waals surface area contributed by atoms with Crippen LogP contribution in [0.25, 0.3) is 0 Å². The maximum Gasteiger partial charge on any atom is 0.319 e. The van der Waals surface area contributed by atoms with Crippen LogP contribution in [0.2, 0.25) is 0 Å². The van der Waals surface area contributed by atoms with E-state index in [1.165, 1.54) is 6.07 Å². The average Bonchev–Trinajstić information content (AvgIpc) is 2.38. The lowest BCUT2D eigenvalue weighted by Gasteiger charge is -2.11. The highest BCUT2D eigenvalue weighted by Crippen LogP contribution is 2.29. The number of aliphatic hydroxyl groups is 1. The van der Waals surface area contributed by atoms with Gasteiger partial charge < -0.3 is 15.7 Å². The van der Waals surface area contributed by atoms with E-state index in [2.05, 4.69) is 10.6 Å². The van der Waals surface area contributed by atoms with Gasteiger partial charge in [-0.15, -0.1) is 11.8 Å². The van der Waals surface area contributed by atoms with Crippen LogP contribution in [-0.4, -0.2) is 36.5 Å². The van der Waals surface area contributed by atoms with E-state index in [9.17, 15) is 18.0 Å². The molecule has 0 saturated heterocycles. The summed E-state index contributed by atoms with van der Waals surface area (Å²) in [5, 5.41) is 13.4. The Balaban J connectivity index is 2.66. The molecule has 0 spiro atoms. The number of benzene rings is 1. The summed E-state index contributed by atoms with van der Waals surface area (Å²) in [4.78, 5) is 11.9. The molecule has 0 bridgehead atoms. The molecule has 0 unspecified atom stereocenters. The molecule has 1 rings (SSSR count). The number of halogens is 3. The maximum atomic E-state index is 13.1. The number of anilines is 1. The zero-order valence-corrected chi connectivity index (χ0v) is 11.4. The van der Waals surface area contributed by atoms with Crippen molar-refractivity contribution >= 4 is 23.5 Å². The molecule has 0 atom stereocenters. The Morgan fingerprint density at radius 1 is 1.40 bits per heavy atom. The van der Waals surface area contributed by atoms with E-state index in [-0.39, 0.29) is 18.8 Å². The van der Waals surface area contributed by atoms with Gasteiger partial charge in [0.25, 0.3) is 0 Å². The maximum absolute atomic E-state index is 13.1. The minimum absolute atomic E-state index is 0.0598. The third kappa shape index (κ3) is 6.16. The van der Waals surface area contributed by atoms with Crippen LogP contribution in [0.15, 0.2) is 23.1 Å². The lowest BCUT2D eigenvalue weighted by Crippen LogP contribution is -2.30. The Morgan fingerprint density at radius 3 is 2.80 bits per heavy atom. The fraction of sp³-hybridized carbons (Fsp3) is 0.417. The van der Waals surface area contributed by atoms with Gasteiger partial charge in [-0.1, -0.05) is 0 Å². The van der Waals surface area contributed by atoms with E-state index in [0.717, 1.165) is 23.9 Å². The van der Waals surface area contributed by atoms with Crippen LogP contribution in [0, 0.1) is 5.82 Å². The third-order valence-corrected chi connectivity index (χ3v) is 3.26. The second-order valence-electron chi connectivity index (χ2n) is 3.80. The summed E-state index contributed by atoms with van der Waals surface area (Å²) in [6.45, 7) is 0.201. The molecule has 0 aliphatic rings. The van der Waals surface area contributed by atoms with Crippen molar-refractivity contribution in [2.75, 3.05) is 24.2 Å². The predicted molar refractivity (Wildman–Crippen MR) is 71.9 cm³/mol. The van der Waals surface area contributed by atoms with Crippen LogP contribution >= 0.6 is 11.8 Å². The van der Waals surface area contributed by atoms with Crippen LogP contribution in [-0.2, 0) is 0 Å². The van der Waals surface area contributed by atoms with Crippen molar-refractivity contribution in [2.24, 2.45) is 0 Å². The number of rotatable bonds is 7. The Kier molecular flexibility index (Phi) is 7.24. The third-order valence-electron chi connectivity index (χ3n) is 2.18. The van der Waals surface area contributed by atoms with Gasteiger partial charge in [-0.2, -0.15) is 0 Å². The van der Waals surface area contributed by atoms with Gasteiger partial charge in [0.05, 0.1) is 11.4 Å². The number of alkyl halides is 2. The number of nitrogens with one attached hydrogen (secondary N) is 2. The van der Waals surface area contributed by atoms with E-state index in [1.807, 2.05) is 0 Å². The molecular formula is C12H15F3N2O2S. The number of thioether (sulfide) groups is 1. The van der Waals surface area contributed by atoms with Gasteiger partial charge in [0.1, 0.15) is 5.82 Å². The van der Waals surface area contributed by atoms with Crippen molar-refractivity contribution in [1.82, 2.24) is 5.32 Å². The number of carbonyl (C=O) groups excluding carboxylic acids is 1. The normalized spacial score (nSPS) is 10.7. The topological polar surface area (TPSA) is 61.4 Å². The monoisotopic (exact) mass is 308 g/mol. The lowest BCUT2D eigenvalue weighted by atomic mass is 10.3. The molecule has 112 valence electrons. The molecule has 0 aliphatic carbocycles. The summed E-state index contributed by atoms with van der Waals surface area (Å²) in [5.74, 6) is -1.01. The number of hydrogen-bond donors (Lipinski definition) is 3. The Hall–Kier alpha value is -1.41. The van der Waals surface area contributed by atoms with Gasteiger partial charge in [0.2, 0.25) is 6.43 Å². The van der Waals surface area contributed by atoms with Gasteiger partial charge in [-0.05, 0) is 24.6 Å². The van der Waals surface area contributed by atoms with Crippen LogP contribution in [0.5, 0.6) is 0 Å². The largest absolute Gasteiger partial charge is 0.396 e. The highest BCUT2D eigenvalue weighted by atomic mass is 32.2. The van der Waals surface area contributed by atoms with Crippen LogP contribution < -0.4 is 10.6 Å². The first-order chi connectivity index (χ1) is 9.52. The molecule has 2 amide bonds. The van der Waals surface area contributed by atoms with Crippen LogP contribution in [0.1, 0.15) is 6.42 Å². The summed E-state index contributed by atoms with van der Waals surface area (Å²) in [6, 6.07) is 2.97. The number of urea groups is 1. The first-order valence-electron chi connectivity index (χ1n) is 5.89. The van der Waals surface area contributed by atoms with Gasteiger partial charge in [-0.3, -0.25) is 0 Å². The molecule has 0 aromatic heterocycles. The summed E-state index contributed by atoms with van der Waals surface area (Å²) in [7, 11) is 0. The van der Waals surface area contributed by atoms with Crippen molar-refractivity contribution in [3.63, 3.8) is 0 Å². The zero-order chi connectivity index (χ0) is 15.0. The Labute approximate surface area is 118 Å². The molecule has 0 aliphatic heterocycles. The number of hydrogen-bond acceptors (Lipinski definition) is 3. The minimum atomic E-state index is -2.49. The molecule has 0 fully saturated rings. The van der Waals surface area contributed by atoms with E-state index in [1.54, 1.807) is 0 Å². The first-order valence-corrected chi connectivity index (χ1v) is 6.87.